The number of ether oxygens (including phenoxy) is 1. The third-order valence-electron chi connectivity index (χ3n) is 2.11. The first-order valence-corrected chi connectivity index (χ1v) is 3.42. The van der Waals surface area contributed by atoms with Crippen LogP contribution in [-0.4, -0.2) is 6.61 Å². The predicted molar refractivity (Wildman–Crippen MR) is 31.2 cm³/mol. The predicted octanol–water partition coefficient (Wildman–Crippen LogP) is 1.74. The smallest absolute Gasteiger partial charge is 0.0974 e. The fourth-order valence-electron chi connectivity index (χ4n) is 1.62. The van der Waals surface area contributed by atoms with Crippen molar-refractivity contribution in [2.45, 2.75) is 25.7 Å². The maximum absolute atomic E-state index is 5.39. The van der Waals surface area contributed by atoms with Crippen molar-refractivity contribution < 1.29 is 4.74 Å². The van der Waals surface area contributed by atoms with Crippen LogP contribution in [0.15, 0.2) is 0 Å². The summed E-state index contributed by atoms with van der Waals surface area (Å²) in [6, 6.07) is 0. The molecule has 1 unspecified atom stereocenters. The van der Waals surface area contributed by atoms with Gasteiger partial charge in [0.2, 0.25) is 0 Å². The molecule has 2 bridgehead atoms. The van der Waals surface area contributed by atoms with Gasteiger partial charge in [-0.25, -0.2) is 0 Å². The molecule has 1 saturated heterocycles. The Morgan fingerprint density at radius 1 is 1.50 bits per heavy atom. The van der Waals surface area contributed by atoms with Crippen molar-refractivity contribution in [3.05, 3.63) is 6.10 Å². The van der Waals surface area contributed by atoms with Gasteiger partial charge in [0.15, 0.2) is 0 Å². The topological polar surface area (TPSA) is 9.23 Å². The lowest BCUT2D eigenvalue weighted by atomic mass is 9.91. The highest BCUT2D eigenvalue weighted by Crippen LogP contribution is 2.37. The quantitative estimate of drug-likeness (QED) is 0.462. The molecule has 0 amide bonds. The van der Waals surface area contributed by atoms with E-state index in [1.807, 2.05) is 0 Å². The van der Waals surface area contributed by atoms with Gasteiger partial charge in [0, 0.05) is 0 Å². The zero-order valence-corrected chi connectivity index (χ0v) is 5.02. The van der Waals surface area contributed by atoms with Crippen LogP contribution < -0.4 is 0 Å². The highest BCUT2D eigenvalue weighted by Gasteiger charge is 2.29. The molecule has 1 heteroatoms. The standard InChI is InChI=1S/C7H11O/c1-2-6-4-7(3-1)8-5-6/h6H,1-5H2. The second kappa shape index (κ2) is 1.73. The molecule has 2 fully saturated rings. The van der Waals surface area contributed by atoms with Crippen molar-refractivity contribution in [1.29, 1.82) is 0 Å². The monoisotopic (exact) mass is 111 g/mol. The maximum Gasteiger partial charge on any atom is 0.0974 e. The Morgan fingerprint density at radius 2 is 2.50 bits per heavy atom. The number of rotatable bonds is 0. The van der Waals surface area contributed by atoms with E-state index in [1.165, 1.54) is 31.8 Å². The molecule has 1 radical (unpaired) electrons. The van der Waals surface area contributed by atoms with E-state index in [0.717, 1.165) is 12.5 Å². The van der Waals surface area contributed by atoms with Gasteiger partial charge < -0.3 is 4.74 Å². The Hall–Kier alpha value is -0.0400. The van der Waals surface area contributed by atoms with Crippen LogP contribution in [-0.2, 0) is 4.74 Å². The van der Waals surface area contributed by atoms with E-state index < -0.39 is 0 Å². The highest BCUT2D eigenvalue weighted by molar-refractivity contribution is 4.92. The van der Waals surface area contributed by atoms with Crippen LogP contribution in [0.3, 0.4) is 0 Å². The molecule has 1 atom stereocenters. The van der Waals surface area contributed by atoms with Crippen LogP contribution >= 0.6 is 0 Å². The first-order chi connectivity index (χ1) is 3.95. The molecule has 1 nitrogen and oxygen atoms in total. The van der Waals surface area contributed by atoms with E-state index in [4.69, 9.17) is 4.74 Å². The van der Waals surface area contributed by atoms with Crippen molar-refractivity contribution in [2.24, 2.45) is 5.92 Å². The highest BCUT2D eigenvalue weighted by atomic mass is 16.5. The van der Waals surface area contributed by atoms with Crippen molar-refractivity contribution in [3.63, 3.8) is 0 Å². The maximum atomic E-state index is 5.39. The lowest BCUT2D eigenvalue weighted by Crippen LogP contribution is -2.03. The molecule has 1 aliphatic carbocycles. The lowest BCUT2D eigenvalue weighted by Gasteiger charge is -2.13. The first kappa shape index (κ1) is 4.80. The Labute approximate surface area is 50.0 Å². The van der Waals surface area contributed by atoms with Crippen LogP contribution in [0.1, 0.15) is 25.7 Å². The zero-order valence-electron chi connectivity index (χ0n) is 5.02. The Kier molecular flexibility index (Phi) is 1.04. The summed E-state index contributed by atoms with van der Waals surface area (Å²) in [7, 11) is 0. The third-order valence-corrected chi connectivity index (χ3v) is 2.11. The van der Waals surface area contributed by atoms with Gasteiger partial charge >= 0.3 is 0 Å². The molecule has 0 aromatic heterocycles. The minimum absolute atomic E-state index is 0.902. The second-order valence-corrected chi connectivity index (χ2v) is 2.81. The Morgan fingerprint density at radius 3 is 3.25 bits per heavy atom. The zero-order chi connectivity index (χ0) is 5.40. The van der Waals surface area contributed by atoms with Crippen molar-refractivity contribution in [3.8, 4) is 0 Å². The number of fused-ring (bicyclic) bond motifs is 2. The summed E-state index contributed by atoms with van der Waals surface area (Å²) in [4.78, 5) is 0. The van der Waals surface area contributed by atoms with Gasteiger partial charge in [-0.05, 0) is 25.2 Å². The van der Waals surface area contributed by atoms with E-state index in [0.29, 0.717) is 0 Å². The molecular formula is C7H11O. The fraction of sp³-hybridized carbons (Fsp3) is 0.857. The fourth-order valence-corrected chi connectivity index (χ4v) is 1.62. The average Bonchev–Trinajstić information content (AvgIpc) is 2.12. The summed E-state index contributed by atoms with van der Waals surface area (Å²) in [5, 5.41) is 0. The molecule has 2 rings (SSSR count). The van der Waals surface area contributed by atoms with E-state index in [1.54, 1.807) is 0 Å². The van der Waals surface area contributed by atoms with E-state index in [2.05, 4.69) is 0 Å². The summed E-state index contributed by atoms with van der Waals surface area (Å²) in [5.41, 5.74) is 0. The summed E-state index contributed by atoms with van der Waals surface area (Å²) in [5.74, 6) is 0.902. The molecule has 8 heavy (non-hydrogen) atoms. The molecule has 0 aromatic rings. The average molecular weight is 111 g/mol. The molecule has 2 aliphatic rings. The molecule has 1 aliphatic heterocycles. The SMILES string of the molecule is C1C[C]2CC(C1)CO2. The minimum Gasteiger partial charge on any atom is -0.372 e. The number of hydrogen-bond donors (Lipinski definition) is 0. The van der Waals surface area contributed by atoms with Crippen LogP contribution in [0, 0.1) is 12.0 Å². The van der Waals surface area contributed by atoms with Crippen LogP contribution in [0.2, 0.25) is 0 Å². The minimum atomic E-state index is 0.902. The largest absolute Gasteiger partial charge is 0.372 e. The van der Waals surface area contributed by atoms with Crippen LogP contribution in [0.4, 0.5) is 0 Å². The molecular weight excluding hydrogens is 100 g/mol. The van der Waals surface area contributed by atoms with Crippen molar-refractivity contribution in [2.75, 3.05) is 6.61 Å². The molecule has 1 heterocycles. The van der Waals surface area contributed by atoms with E-state index in [9.17, 15) is 0 Å². The van der Waals surface area contributed by atoms with Crippen LogP contribution in [0.5, 0.6) is 0 Å². The van der Waals surface area contributed by atoms with Gasteiger partial charge in [-0.1, -0.05) is 6.42 Å². The first-order valence-electron chi connectivity index (χ1n) is 3.42. The van der Waals surface area contributed by atoms with Gasteiger partial charge in [-0.15, -0.1) is 0 Å². The van der Waals surface area contributed by atoms with E-state index in [-0.39, 0.29) is 0 Å². The molecule has 0 aromatic carbocycles. The number of hydrogen-bond acceptors (Lipinski definition) is 1. The van der Waals surface area contributed by atoms with Gasteiger partial charge in [0.05, 0.1) is 12.7 Å². The summed E-state index contributed by atoms with van der Waals surface area (Å²) >= 11 is 0. The molecule has 0 N–H and O–H groups in total. The Balaban J connectivity index is 2.03. The second-order valence-electron chi connectivity index (χ2n) is 2.81. The van der Waals surface area contributed by atoms with Crippen LogP contribution in [0.25, 0.3) is 0 Å². The summed E-state index contributed by atoms with van der Waals surface area (Å²) < 4.78 is 5.39. The molecule has 0 spiro atoms. The van der Waals surface area contributed by atoms with Gasteiger partial charge in [-0.3, -0.25) is 0 Å². The normalized spacial score (nSPS) is 38.2. The Bertz CT molecular complexity index is 76.4. The molecule has 45 valence electrons. The summed E-state index contributed by atoms with van der Waals surface area (Å²) in [6.45, 7) is 1.02. The van der Waals surface area contributed by atoms with Gasteiger partial charge in [-0.2, -0.15) is 0 Å². The van der Waals surface area contributed by atoms with E-state index >= 15 is 0 Å². The van der Waals surface area contributed by atoms with Crippen molar-refractivity contribution >= 4 is 0 Å². The molecule has 1 saturated carbocycles. The van der Waals surface area contributed by atoms with Crippen molar-refractivity contribution in [1.82, 2.24) is 0 Å². The third kappa shape index (κ3) is 0.655. The summed E-state index contributed by atoms with van der Waals surface area (Å²) in [6.07, 6.45) is 6.68. The van der Waals surface area contributed by atoms with Gasteiger partial charge in [0.1, 0.15) is 0 Å². The lowest BCUT2D eigenvalue weighted by molar-refractivity contribution is 0.190. The van der Waals surface area contributed by atoms with Gasteiger partial charge in [0.25, 0.3) is 0 Å².